The van der Waals surface area contributed by atoms with Crippen LogP contribution in [0.3, 0.4) is 0 Å². The van der Waals surface area contributed by atoms with Crippen LogP contribution in [0.1, 0.15) is 31.7 Å². The molecule has 0 unspecified atom stereocenters. The Hall–Kier alpha value is -1.31. The van der Waals surface area contributed by atoms with Crippen molar-refractivity contribution in [2.45, 2.75) is 32.6 Å². The largest absolute Gasteiger partial charge is 0.278 e. The summed E-state index contributed by atoms with van der Waals surface area (Å²) in [5, 5.41) is 8.35. The van der Waals surface area contributed by atoms with Crippen molar-refractivity contribution in [3.05, 3.63) is 30.0 Å². The Morgan fingerprint density at radius 1 is 1.29 bits per heavy atom. The number of aryl methyl sites for hydroxylation is 1. The molecule has 1 heterocycles. The molecule has 2 nitrogen and oxygen atoms in total. The molecule has 14 heavy (non-hydrogen) atoms. The molecule has 1 aromatic heterocycles. The highest BCUT2D eigenvalue weighted by molar-refractivity contribution is 5.81. The summed E-state index contributed by atoms with van der Waals surface area (Å²) >= 11 is 0. The van der Waals surface area contributed by atoms with Crippen LogP contribution in [-0.2, 0) is 6.42 Å². The summed E-state index contributed by atoms with van der Waals surface area (Å²) in [6, 6.07) is 6.40. The van der Waals surface area contributed by atoms with E-state index in [1.54, 1.807) is 0 Å². The Morgan fingerprint density at radius 2 is 2.21 bits per heavy atom. The predicted molar refractivity (Wildman–Crippen MR) is 59.3 cm³/mol. The van der Waals surface area contributed by atoms with Crippen LogP contribution in [0.15, 0.2) is 24.4 Å². The summed E-state index contributed by atoms with van der Waals surface area (Å²) in [7, 11) is 0. The summed E-state index contributed by atoms with van der Waals surface area (Å²) in [5.74, 6) is 0. The van der Waals surface area contributed by atoms with Gasteiger partial charge in [-0.25, -0.2) is 0 Å². The first-order chi connectivity index (χ1) is 6.92. The molecule has 0 spiro atoms. The number of nitrogens with one attached hydrogen (secondary N) is 1. The lowest BCUT2D eigenvalue weighted by molar-refractivity contribution is 0.719. The maximum absolute atomic E-state index is 4.07. The highest BCUT2D eigenvalue weighted by atomic mass is 15.1. The van der Waals surface area contributed by atoms with Crippen LogP contribution in [0.2, 0.25) is 0 Å². The van der Waals surface area contributed by atoms with Gasteiger partial charge in [0.2, 0.25) is 0 Å². The fraction of sp³-hybridized carbons (Fsp3) is 0.417. The van der Waals surface area contributed by atoms with E-state index in [4.69, 9.17) is 0 Å². The average Bonchev–Trinajstić information content (AvgIpc) is 2.67. The van der Waals surface area contributed by atoms with Gasteiger partial charge in [0.1, 0.15) is 0 Å². The molecule has 0 aliphatic carbocycles. The standard InChI is InChI=1S/C12H16N2/c1-2-3-4-6-10-7-5-8-11-9-13-14-12(10)11/h5,7-9H,2-4,6H2,1H3,(H,13,14). The van der Waals surface area contributed by atoms with Gasteiger partial charge in [0.25, 0.3) is 0 Å². The number of unbranched alkanes of at least 4 members (excludes halogenated alkanes) is 2. The van der Waals surface area contributed by atoms with Crippen LogP contribution in [0, 0.1) is 0 Å². The Labute approximate surface area is 84.3 Å². The van der Waals surface area contributed by atoms with Crippen LogP contribution >= 0.6 is 0 Å². The fourth-order valence-corrected chi connectivity index (χ4v) is 1.80. The van der Waals surface area contributed by atoms with Crippen LogP contribution in [0.4, 0.5) is 0 Å². The van der Waals surface area contributed by atoms with Gasteiger partial charge in [-0.15, -0.1) is 0 Å². The second-order valence-corrected chi connectivity index (χ2v) is 3.71. The minimum Gasteiger partial charge on any atom is -0.278 e. The molecule has 2 rings (SSSR count). The van der Waals surface area contributed by atoms with Gasteiger partial charge in [-0.1, -0.05) is 38.0 Å². The molecule has 74 valence electrons. The first-order valence-corrected chi connectivity index (χ1v) is 5.33. The van der Waals surface area contributed by atoms with E-state index >= 15 is 0 Å². The normalized spacial score (nSPS) is 10.9. The molecule has 1 N–H and O–H groups in total. The molecule has 0 aliphatic rings. The molecule has 0 saturated heterocycles. The van der Waals surface area contributed by atoms with Crippen molar-refractivity contribution < 1.29 is 0 Å². The van der Waals surface area contributed by atoms with Crippen molar-refractivity contribution in [3.8, 4) is 0 Å². The van der Waals surface area contributed by atoms with E-state index in [1.807, 2.05) is 6.20 Å². The molecule has 0 atom stereocenters. The van der Waals surface area contributed by atoms with E-state index in [-0.39, 0.29) is 0 Å². The number of fused-ring (bicyclic) bond motifs is 1. The van der Waals surface area contributed by atoms with Crippen molar-refractivity contribution >= 4 is 10.9 Å². The first-order valence-electron chi connectivity index (χ1n) is 5.33. The Bertz CT molecular complexity index is 403. The molecule has 1 aromatic carbocycles. The molecule has 0 bridgehead atoms. The number of rotatable bonds is 4. The van der Waals surface area contributed by atoms with Crippen LogP contribution in [-0.4, -0.2) is 10.2 Å². The van der Waals surface area contributed by atoms with Gasteiger partial charge < -0.3 is 0 Å². The van der Waals surface area contributed by atoms with Crippen molar-refractivity contribution in [1.29, 1.82) is 0 Å². The van der Waals surface area contributed by atoms with Gasteiger partial charge in [0, 0.05) is 5.39 Å². The summed E-state index contributed by atoms with van der Waals surface area (Å²) < 4.78 is 0. The number of aromatic nitrogens is 2. The van der Waals surface area contributed by atoms with Gasteiger partial charge in [0.15, 0.2) is 0 Å². The number of nitrogens with zero attached hydrogens (tertiary/aromatic N) is 1. The van der Waals surface area contributed by atoms with Gasteiger partial charge in [-0.2, -0.15) is 5.10 Å². The molecule has 0 aliphatic heterocycles. The minimum atomic E-state index is 1.16. The first kappa shape index (κ1) is 9.25. The second-order valence-electron chi connectivity index (χ2n) is 3.71. The molecule has 0 radical (unpaired) electrons. The van der Waals surface area contributed by atoms with Crippen molar-refractivity contribution in [2.24, 2.45) is 0 Å². The Balaban J connectivity index is 2.19. The SMILES string of the molecule is CCCCCc1cccc2cn[nH]c12. The van der Waals surface area contributed by atoms with Gasteiger partial charge in [-0.3, -0.25) is 5.10 Å². The Kier molecular flexibility index (Phi) is 2.82. The number of benzene rings is 1. The van der Waals surface area contributed by atoms with E-state index < -0.39 is 0 Å². The van der Waals surface area contributed by atoms with Crippen LogP contribution < -0.4 is 0 Å². The number of H-pyrrole nitrogens is 1. The highest BCUT2D eigenvalue weighted by Crippen LogP contribution is 2.17. The third-order valence-corrected chi connectivity index (χ3v) is 2.61. The van der Waals surface area contributed by atoms with E-state index in [2.05, 4.69) is 35.3 Å². The second kappa shape index (κ2) is 4.27. The predicted octanol–water partition coefficient (Wildman–Crippen LogP) is 3.30. The maximum atomic E-state index is 4.07. The zero-order valence-corrected chi connectivity index (χ0v) is 8.59. The molecular weight excluding hydrogens is 172 g/mol. The summed E-state index contributed by atoms with van der Waals surface area (Å²) in [5.41, 5.74) is 2.61. The number of aromatic amines is 1. The third-order valence-electron chi connectivity index (χ3n) is 2.61. The molecule has 2 heteroatoms. The molecule has 0 amide bonds. The third kappa shape index (κ3) is 1.79. The minimum absolute atomic E-state index is 1.16. The lowest BCUT2D eigenvalue weighted by Gasteiger charge is -2.01. The lowest BCUT2D eigenvalue weighted by Crippen LogP contribution is -1.87. The van der Waals surface area contributed by atoms with Crippen LogP contribution in [0.5, 0.6) is 0 Å². The monoisotopic (exact) mass is 188 g/mol. The Morgan fingerprint density at radius 3 is 3.07 bits per heavy atom. The molecule has 0 fully saturated rings. The zero-order valence-electron chi connectivity index (χ0n) is 8.59. The lowest BCUT2D eigenvalue weighted by atomic mass is 10.1. The van der Waals surface area contributed by atoms with E-state index in [9.17, 15) is 0 Å². The smallest absolute Gasteiger partial charge is 0.0682 e. The van der Waals surface area contributed by atoms with Gasteiger partial charge in [0.05, 0.1) is 11.7 Å². The number of para-hydroxylation sites is 1. The summed E-state index contributed by atoms with van der Waals surface area (Å²) in [6.07, 6.45) is 6.91. The van der Waals surface area contributed by atoms with Gasteiger partial charge in [-0.05, 0) is 18.4 Å². The average molecular weight is 188 g/mol. The van der Waals surface area contributed by atoms with Crippen molar-refractivity contribution in [1.82, 2.24) is 10.2 Å². The van der Waals surface area contributed by atoms with E-state index in [0.717, 1.165) is 6.42 Å². The molecular formula is C12H16N2. The van der Waals surface area contributed by atoms with E-state index in [1.165, 1.54) is 35.7 Å². The number of hydrogen-bond acceptors (Lipinski definition) is 1. The maximum Gasteiger partial charge on any atom is 0.0682 e. The van der Waals surface area contributed by atoms with Crippen molar-refractivity contribution in [2.75, 3.05) is 0 Å². The molecule has 2 aromatic rings. The summed E-state index contributed by atoms with van der Waals surface area (Å²) in [4.78, 5) is 0. The van der Waals surface area contributed by atoms with Crippen molar-refractivity contribution in [3.63, 3.8) is 0 Å². The fourth-order valence-electron chi connectivity index (χ4n) is 1.80. The van der Waals surface area contributed by atoms with E-state index in [0.29, 0.717) is 0 Å². The molecule has 0 saturated carbocycles. The quantitative estimate of drug-likeness (QED) is 0.733. The summed E-state index contributed by atoms with van der Waals surface area (Å²) in [6.45, 7) is 2.23. The highest BCUT2D eigenvalue weighted by Gasteiger charge is 2.01. The topological polar surface area (TPSA) is 28.7 Å². The van der Waals surface area contributed by atoms with Gasteiger partial charge >= 0.3 is 0 Å². The zero-order chi connectivity index (χ0) is 9.80. The van der Waals surface area contributed by atoms with Crippen LogP contribution in [0.25, 0.3) is 10.9 Å². The number of hydrogen-bond donors (Lipinski definition) is 1.